The van der Waals surface area contributed by atoms with Crippen molar-refractivity contribution >= 4 is 77.2 Å². The van der Waals surface area contributed by atoms with Crippen molar-refractivity contribution in [2.45, 2.75) is 65.2 Å². The molecule has 22 heteroatoms. The number of benzene rings is 6. The standard InChI is InChI=1S/C90H64N20O2/c1-3-5-7-21-51-29-33-53(34-30-51)111-75-49-61-62(50-76(75)112-54-35-31-52(32-36-54)22-8-6-4-2)90-109-88-60-48-74-72(100-80(66-26-12-18-40-94-66)82(102-74)68-28-14-20-42-96-68)46-58(60)86(107-88)105-84-56-44-70-69(97-77(63-23-9-15-37-91-63)78(98-70)64-24-10-16-38-92-64)43-55(56)83(103-84)104-85-57-45-71-73(47-59(57)87(106-85)108-89(61)110-90)101-81(67-27-13-19-41-95-67)79(99-71)65-25-11-17-39-93-65/h9-20,23-50H,3-8,21-22H2,1-2H3,(H2,103,104,105,106,107,108,109,110). The van der Waals surface area contributed by atoms with E-state index in [0.717, 1.165) is 51.4 Å². The molecule has 2 N–H and O–H groups in total. The Morgan fingerprint density at radius 3 is 0.768 bits per heavy atom. The predicted octanol–water partition coefficient (Wildman–Crippen LogP) is 20.1. The summed E-state index contributed by atoms with van der Waals surface area (Å²) < 4.78 is 14.1. The van der Waals surface area contributed by atoms with Gasteiger partial charge in [-0.25, -0.2) is 59.8 Å². The molecule has 0 fully saturated rings. The SMILES string of the molecule is CCCCCc1ccc(Oc2cc3c(cc2Oc2ccc(CCCCC)cc2)-c2nc-3nc3[nH]c(nc4nc(nc5[nH]c(n2)c2cc6nc(-c7ccccn7)c(-c7ccccn7)nc6cc52)-c2cc5nc(-c6ccccn6)c(-c6ccccn6)nc5cc2-4)c2cc4nc(-c5ccccn5)c(-c5ccccn5)nc4cc32)cc1. The number of hydrogen-bond donors (Lipinski definition) is 2. The van der Waals surface area contributed by atoms with Gasteiger partial charge in [0.05, 0.1) is 67.3 Å². The molecule has 2 aliphatic heterocycles. The van der Waals surface area contributed by atoms with Crippen molar-refractivity contribution in [3.05, 3.63) is 255 Å². The van der Waals surface area contributed by atoms with Gasteiger partial charge in [-0.1, -0.05) is 100 Å². The fourth-order valence-corrected chi connectivity index (χ4v) is 14.6. The van der Waals surface area contributed by atoms with Crippen LogP contribution in [0.25, 0.3) is 191 Å². The fourth-order valence-electron chi connectivity index (χ4n) is 14.6. The first-order valence-corrected chi connectivity index (χ1v) is 37.4. The molecule has 0 unspecified atom stereocenters. The molecule has 0 atom stereocenters. The highest BCUT2D eigenvalue weighted by atomic mass is 16.5. The third-order valence-corrected chi connectivity index (χ3v) is 20.1. The number of rotatable bonds is 18. The Hall–Kier alpha value is -14.8. The second-order valence-corrected chi connectivity index (χ2v) is 27.6. The number of H-pyrrole nitrogens is 2. The van der Waals surface area contributed by atoms with E-state index < -0.39 is 0 Å². The van der Waals surface area contributed by atoms with E-state index in [-0.39, 0.29) is 0 Å². The van der Waals surface area contributed by atoms with Crippen LogP contribution in [-0.2, 0) is 12.8 Å². The van der Waals surface area contributed by atoms with E-state index in [2.05, 4.69) is 48.1 Å². The molecule has 22 nitrogen and oxygen atoms in total. The average Bonchev–Trinajstić information content (AvgIpc) is 1.57. The van der Waals surface area contributed by atoms with Crippen LogP contribution in [0.4, 0.5) is 0 Å². The first-order chi connectivity index (χ1) is 55.3. The third-order valence-electron chi connectivity index (χ3n) is 20.1. The van der Waals surface area contributed by atoms with Gasteiger partial charge in [0.15, 0.2) is 34.8 Å². The first kappa shape index (κ1) is 66.6. The summed E-state index contributed by atoms with van der Waals surface area (Å²) >= 11 is 0. The second-order valence-electron chi connectivity index (χ2n) is 27.6. The van der Waals surface area contributed by atoms with Crippen molar-refractivity contribution in [1.29, 1.82) is 0 Å². The van der Waals surface area contributed by atoms with Crippen LogP contribution in [-0.4, -0.2) is 99.7 Å². The molecule has 8 bridgehead atoms. The van der Waals surface area contributed by atoms with E-state index >= 15 is 0 Å². The maximum Gasteiger partial charge on any atom is 0.170 e. The highest BCUT2D eigenvalue weighted by Gasteiger charge is 2.29. The maximum atomic E-state index is 7.03. The van der Waals surface area contributed by atoms with Crippen LogP contribution in [0.1, 0.15) is 63.5 Å². The van der Waals surface area contributed by atoms with Gasteiger partial charge in [-0.3, -0.25) is 29.9 Å². The Kier molecular flexibility index (Phi) is 16.9. The quantitative estimate of drug-likeness (QED) is 0.0755. The molecule has 0 aliphatic carbocycles. The summed E-state index contributed by atoms with van der Waals surface area (Å²) in [5.74, 6) is 3.32. The van der Waals surface area contributed by atoms with E-state index in [9.17, 15) is 0 Å². The van der Waals surface area contributed by atoms with E-state index in [4.69, 9.17) is 99.2 Å². The normalized spacial score (nSPS) is 11.8. The van der Waals surface area contributed by atoms with Gasteiger partial charge in [0, 0.05) is 81.0 Å². The Labute approximate surface area is 639 Å². The number of aromatic amines is 2. The number of hydrogen-bond acceptors (Lipinski definition) is 20. The van der Waals surface area contributed by atoms with E-state index in [0.29, 0.717) is 214 Å². The molecule has 536 valence electrons. The lowest BCUT2D eigenvalue weighted by Crippen LogP contribution is -1.98. The van der Waals surface area contributed by atoms with Gasteiger partial charge in [0.1, 0.15) is 68.3 Å². The summed E-state index contributed by atoms with van der Waals surface area (Å²) in [4.78, 5) is 102. The maximum absolute atomic E-state index is 7.03. The largest absolute Gasteiger partial charge is 0.453 e. The summed E-state index contributed by atoms with van der Waals surface area (Å²) in [5, 5.41) is 2.59. The number of aryl methyl sites for hydroxylation is 2. The van der Waals surface area contributed by atoms with E-state index in [1.165, 1.54) is 11.1 Å². The highest BCUT2D eigenvalue weighted by Crippen LogP contribution is 2.47. The van der Waals surface area contributed by atoms with Crippen LogP contribution in [0.2, 0.25) is 0 Å². The molecule has 0 saturated heterocycles. The van der Waals surface area contributed by atoms with Gasteiger partial charge in [-0.2, -0.15) is 0 Å². The minimum absolute atomic E-state index is 0.303. The number of unbranched alkanes of at least 4 members (excludes halogenated alkanes) is 4. The van der Waals surface area contributed by atoms with Crippen LogP contribution < -0.4 is 9.47 Å². The van der Waals surface area contributed by atoms with E-state index in [1.54, 1.807) is 37.2 Å². The second kappa shape index (κ2) is 28.4. The Morgan fingerprint density at radius 1 is 0.259 bits per heavy atom. The fraction of sp³-hybridized carbons (Fsp3) is 0.111. The van der Waals surface area contributed by atoms with Crippen LogP contribution in [0.15, 0.2) is 243 Å². The smallest absolute Gasteiger partial charge is 0.170 e. The minimum Gasteiger partial charge on any atom is -0.453 e. The molecule has 14 heterocycles. The molecule has 0 radical (unpaired) electrons. The molecule has 18 aromatic rings. The summed E-state index contributed by atoms with van der Waals surface area (Å²) in [6.07, 6.45) is 19.1. The Morgan fingerprint density at radius 2 is 0.518 bits per heavy atom. The zero-order valence-electron chi connectivity index (χ0n) is 60.6. The summed E-state index contributed by atoms with van der Waals surface area (Å²) in [6, 6.07) is 66.6. The van der Waals surface area contributed by atoms with Crippen molar-refractivity contribution in [3.8, 4) is 137 Å². The summed E-state index contributed by atoms with van der Waals surface area (Å²) in [5.41, 5.74) is 16.8. The topological polar surface area (TPSA) is 282 Å². The highest BCUT2D eigenvalue weighted by molar-refractivity contribution is 6.12. The number of nitrogens with one attached hydrogen (secondary N) is 2. The van der Waals surface area contributed by atoms with E-state index in [1.807, 2.05) is 182 Å². The molecule has 2 aliphatic rings. The van der Waals surface area contributed by atoms with Crippen LogP contribution in [0.5, 0.6) is 23.0 Å². The number of ether oxygens (including phenoxy) is 2. The zero-order valence-corrected chi connectivity index (χ0v) is 60.6. The molecular formula is C90H64N20O2. The number of pyridine rings is 6. The van der Waals surface area contributed by atoms with Gasteiger partial charge in [0.25, 0.3) is 0 Å². The Bertz CT molecular complexity index is 6480. The lowest BCUT2D eigenvalue weighted by molar-refractivity contribution is 0.419. The Balaban J connectivity index is 0.885. The van der Waals surface area contributed by atoms with Crippen LogP contribution in [0.3, 0.4) is 0 Å². The van der Waals surface area contributed by atoms with Gasteiger partial charge >= 0.3 is 0 Å². The molecular weight excluding hydrogens is 1390 g/mol. The summed E-state index contributed by atoms with van der Waals surface area (Å²) in [7, 11) is 0. The van der Waals surface area contributed by atoms with Crippen LogP contribution >= 0.6 is 0 Å². The summed E-state index contributed by atoms with van der Waals surface area (Å²) in [6.45, 7) is 4.44. The number of nitrogens with zero attached hydrogens (tertiary/aromatic N) is 18. The van der Waals surface area contributed by atoms with Crippen molar-refractivity contribution in [3.63, 3.8) is 0 Å². The minimum atomic E-state index is 0.303. The van der Waals surface area contributed by atoms with Crippen LogP contribution in [0, 0.1) is 0 Å². The molecule has 12 aromatic heterocycles. The predicted molar refractivity (Wildman–Crippen MR) is 434 cm³/mol. The van der Waals surface area contributed by atoms with Crippen molar-refractivity contribution in [2.24, 2.45) is 0 Å². The monoisotopic (exact) mass is 1460 g/mol. The molecule has 6 aromatic carbocycles. The lowest BCUT2D eigenvalue weighted by atomic mass is 10.1. The first-order valence-electron chi connectivity index (χ1n) is 37.4. The zero-order chi connectivity index (χ0) is 74.6. The lowest BCUT2D eigenvalue weighted by Gasteiger charge is -2.15. The van der Waals surface area contributed by atoms with Gasteiger partial charge in [0.2, 0.25) is 0 Å². The number of fused-ring (bicyclic) bond motifs is 23. The van der Waals surface area contributed by atoms with Crippen molar-refractivity contribution < 1.29 is 9.47 Å². The van der Waals surface area contributed by atoms with Gasteiger partial charge in [-0.05, 0) is 182 Å². The molecule has 0 saturated carbocycles. The molecule has 112 heavy (non-hydrogen) atoms. The molecule has 0 spiro atoms. The van der Waals surface area contributed by atoms with Gasteiger partial charge in [-0.15, -0.1) is 0 Å². The van der Waals surface area contributed by atoms with Crippen molar-refractivity contribution in [1.82, 2.24) is 99.7 Å². The molecule has 20 rings (SSSR count). The van der Waals surface area contributed by atoms with Gasteiger partial charge < -0.3 is 19.4 Å². The molecule has 0 amide bonds. The average molecular weight is 1460 g/mol. The number of aromatic nitrogens is 20. The van der Waals surface area contributed by atoms with Crippen molar-refractivity contribution in [2.75, 3.05) is 0 Å². The third kappa shape index (κ3) is 12.6.